The summed E-state index contributed by atoms with van der Waals surface area (Å²) in [5.41, 5.74) is 0.222. The maximum absolute atomic E-state index is 12.5. The van der Waals surface area contributed by atoms with Crippen molar-refractivity contribution in [1.29, 1.82) is 0 Å². The van der Waals surface area contributed by atoms with E-state index < -0.39 is 35.9 Å². The van der Waals surface area contributed by atoms with Crippen LogP contribution in [0.15, 0.2) is 36.4 Å². The van der Waals surface area contributed by atoms with E-state index in [-0.39, 0.29) is 17.5 Å². The number of nitrogens with zero attached hydrogens (tertiary/aromatic N) is 1. The summed E-state index contributed by atoms with van der Waals surface area (Å²) in [6.07, 6.45) is -0.154. The standard InChI is InChI=1S/C18H17F3N2O4/c1-10(23-16(25)13-4-2-3-5-14(13)17(23)26)15(24)22-11-6-8-12(9-7-11)27-18(19,20)21/h2-3,6-10,13-14H,4-5H2,1H3,(H,22,24)/t10-,13+,14+/m0/s1. The molecular weight excluding hydrogens is 365 g/mol. The van der Waals surface area contributed by atoms with E-state index >= 15 is 0 Å². The number of anilines is 1. The third kappa shape index (κ3) is 3.96. The highest BCUT2D eigenvalue weighted by Crippen LogP contribution is 2.36. The maximum atomic E-state index is 12.5. The SMILES string of the molecule is C[C@@H](C(=O)Nc1ccc(OC(F)(F)F)cc1)N1C(=O)[C@@H]2CC=CC[C@H]2C1=O. The van der Waals surface area contributed by atoms with Crippen molar-refractivity contribution < 1.29 is 32.3 Å². The third-order valence-corrected chi connectivity index (χ3v) is 4.66. The summed E-state index contributed by atoms with van der Waals surface area (Å²) >= 11 is 0. The molecule has 0 aromatic heterocycles. The van der Waals surface area contributed by atoms with E-state index in [1.165, 1.54) is 19.1 Å². The summed E-state index contributed by atoms with van der Waals surface area (Å²) in [5.74, 6) is -2.63. The summed E-state index contributed by atoms with van der Waals surface area (Å²) < 4.78 is 40.2. The minimum absolute atomic E-state index is 0.222. The zero-order chi connectivity index (χ0) is 19.8. The topological polar surface area (TPSA) is 75.7 Å². The van der Waals surface area contributed by atoms with Crippen molar-refractivity contribution in [3.63, 3.8) is 0 Å². The molecular formula is C18H17F3N2O4. The molecule has 27 heavy (non-hydrogen) atoms. The molecule has 3 atom stereocenters. The van der Waals surface area contributed by atoms with Crippen molar-refractivity contribution in [3.05, 3.63) is 36.4 Å². The lowest BCUT2D eigenvalue weighted by Gasteiger charge is -2.22. The molecule has 1 aromatic carbocycles. The number of carbonyl (C=O) groups is 3. The van der Waals surface area contributed by atoms with Crippen LogP contribution in [-0.4, -0.2) is 35.0 Å². The number of allylic oxidation sites excluding steroid dienone is 2. The Morgan fingerprint density at radius 3 is 2.11 bits per heavy atom. The molecule has 0 bridgehead atoms. The molecule has 2 aliphatic rings. The molecule has 6 nitrogen and oxygen atoms in total. The fraction of sp³-hybridized carbons (Fsp3) is 0.389. The minimum Gasteiger partial charge on any atom is -0.406 e. The van der Waals surface area contributed by atoms with Gasteiger partial charge in [-0.3, -0.25) is 19.3 Å². The lowest BCUT2D eigenvalue weighted by atomic mass is 9.85. The third-order valence-electron chi connectivity index (χ3n) is 4.66. The number of alkyl halides is 3. The highest BCUT2D eigenvalue weighted by atomic mass is 19.4. The summed E-state index contributed by atoms with van der Waals surface area (Å²) in [5, 5.41) is 2.49. The van der Waals surface area contributed by atoms with E-state index in [2.05, 4.69) is 10.1 Å². The molecule has 1 aliphatic carbocycles. The summed E-state index contributed by atoms with van der Waals surface area (Å²) in [7, 11) is 0. The van der Waals surface area contributed by atoms with Gasteiger partial charge in [-0.15, -0.1) is 13.2 Å². The van der Waals surface area contributed by atoms with Crippen LogP contribution in [0, 0.1) is 11.8 Å². The van der Waals surface area contributed by atoms with Crippen LogP contribution in [-0.2, 0) is 14.4 Å². The zero-order valence-electron chi connectivity index (χ0n) is 14.3. The summed E-state index contributed by atoms with van der Waals surface area (Å²) in [4.78, 5) is 38.4. The van der Waals surface area contributed by atoms with Gasteiger partial charge in [0.1, 0.15) is 11.8 Å². The molecule has 1 aromatic rings. The van der Waals surface area contributed by atoms with E-state index in [0.29, 0.717) is 12.8 Å². The number of hydrogen-bond donors (Lipinski definition) is 1. The Kier molecular flexibility index (Phi) is 4.95. The van der Waals surface area contributed by atoms with E-state index in [0.717, 1.165) is 17.0 Å². The summed E-state index contributed by atoms with van der Waals surface area (Å²) in [6, 6.07) is 3.56. The first kappa shape index (κ1) is 18.9. The first-order valence-electron chi connectivity index (χ1n) is 8.36. The number of nitrogens with one attached hydrogen (secondary N) is 1. The quantitative estimate of drug-likeness (QED) is 0.642. The van der Waals surface area contributed by atoms with Crippen molar-refractivity contribution >= 4 is 23.4 Å². The molecule has 3 amide bonds. The van der Waals surface area contributed by atoms with Gasteiger partial charge in [0.05, 0.1) is 11.8 Å². The van der Waals surface area contributed by atoms with Crippen molar-refractivity contribution in [2.24, 2.45) is 11.8 Å². The second kappa shape index (κ2) is 7.05. The van der Waals surface area contributed by atoms with E-state index in [1.54, 1.807) is 0 Å². The molecule has 1 fully saturated rings. The number of rotatable bonds is 4. The lowest BCUT2D eigenvalue weighted by Crippen LogP contribution is -2.46. The number of carbonyl (C=O) groups excluding carboxylic acids is 3. The van der Waals surface area contributed by atoms with Gasteiger partial charge in [0, 0.05) is 5.69 Å². The van der Waals surface area contributed by atoms with Crippen molar-refractivity contribution in [1.82, 2.24) is 4.90 Å². The van der Waals surface area contributed by atoms with Gasteiger partial charge in [-0.1, -0.05) is 12.2 Å². The van der Waals surface area contributed by atoms with E-state index in [4.69, 9.17) is 0 Å². The van der Waals surface area contributed by atoms with Gasteiger partial charge >= 0.3 is 6.36 Å². The fourth-order valence-electron chi connectivity index (χ4n) is 3.31. The zero-order valence-corrected chi connectivity index (χ0v) is 14.3. The van der Waals surface area contributed by atoms with Gasteiger partial charge in [-0.25, -0.2) is 0 Å². The number of fused-ring (bicyclic) bond motifs is 1. The largest absolute Gasteiger partial charge is 0.573 e. The van der Waals surface area contributed by atoms with Crippen molar-refractivity contribution in [3.8, 4) is 5.75 Å². The first-order chi connectivity index (χ1) is 12.7. The molecule has 0 spiro atoms. The van der Waals surface area contributed by atoms with Gasteiger partial charge in [-0.05, 0) is 44.0 Å². The van der Waals surface area contributed by atoms with Crippen LogP contribution < -0.4 is 10.1 Å². The molecule has 1 aliphatic heterocycles. The molecule has 1 heterocycles. The second-order valence-corrected chi connectivity index (χ2v) is 6.44. The highest BCUT2D eigenvalue weighted by molar-refractivity contribution is 6.10. The van der Waals surface area contributed by atoms with E-state index in [9.17, 15) is 27.6 Å². The normalized spacial score (nSPS) is 23.2. The van der Waals surface area contributed by atoms with Gasteiger partial charge < -0.3 is 10.1 Å². The first-order valence-corrected chi connectivity index (χ1v) is 8.36. The van der Waals surface area contributed by atoms with Gasteiger partial charge in [-0.2, -0.15) is 0 Å². The lowest BCUT2D eigenvalue weighted by molar-refractivity contribution is -0.274. The van der Waals surface area contributed by atoms with Crippen LogP contribution in [0.3, 0.4) is 0 Å². The molecule has 0 unspecified atom stereocenters. The molecule has 9 heteroatoms. The molecule has 144 valence electrons. The highest BCUT2D eigenvalue weighted by Gasteiger charge is 2.50. The predicted octanol–water partition coefficient (Wildman–Crippen LogP) is 2.86. The fourth-order valence-corrected chi connectivity index (χ4v) is 3.31. The molecule has 1 saturated heterocycles. The molecule has 0 radical (unpaired) electrons. The number of ether oxygens (including phenoxy) is 1. The van der Waals surface area contributed by atoms with Crippen LogP contribution in [0.25, 0.3) is 0 Å². The Labute approximate surface area is 153 Å². The monoisotopic (exact) mass is 382 g/mol. The van der Waals surface area contributed by atoms with Gasteiger partial charge in [0.25, 0.3) is 0 Å². The van der Waals surface area contributed by atoms with Crippen LogP contribution in [0.2, 0.25) is 0 Å². The Bertz CT molecular complexity index is 763. The number of likely N-dealkylation sites (tertiary alicyclic amines) is 1. The van der Waals surface area contributed by atoms with Crippen LogP contribution in [0.5, 0.6) is 5.75 Å². The summed E-state index contributed by atoms with van der Waals surface area (Å²) in [6.45, 7) is 1.44. The number of benzene rings is 1. The molecule has 0 saturated carbocycles. The minimum atomic E-state index is -4.80. The molecule has 1 N–H and O–H groups in total. The second-order valence-electron chi connectivity index (χ2n) is 6.44. The number of halogens is 3. The number of imide groups is 1. The smallest absolute Gasteiger partial charge is 0.406 e. The number of hydrogen-bond acceptors (Lipinski definition) is 4. The van der Waals surface area contributed by atoms with Gasteiger partial charge in [0.2, 0.25) is 17.7 Å². The average Bonchev–Trinajstić information content (AvgIpc) is 2.86. The Hall–Kier alpha value is -2.84. The Balaban J connectivity index is 1.66. The van der Waals surface area contributed by atoms with Crippen LogP contribution >= 0.6 is 0 Å². The van der Waals surface area contributed by atoms with Crippen molar-refractivity contribution in [2.75, 3.05) is 5.32 Å². The number of amides is 3. The van der Waals surface area contributed by atoms with Crippen molar-refractivity contribution in [2.45, 2.75) is 32.2 Å². The molecule has 3 rings (SSSR count). The van der Waals surface area contributed by atoms with Gasteiger partial charge in [0.15, 0.2) is 0 Å². The average molecular weight is 382 g/mol. The van der Waals surface area contributed by atoms with Crippen LogP contribution in [0.1, 0.15) is 19.8 Å². The maximum Gasteiger partial charge on any atom is 0.573 e. The Morgan fingerprint density at radius 2 is 1.63 bits per heavy atom. The van der Waals surface area contributed by atoms with Crippen LogP contribution in [0.4, 0.5) is 18.9 Å². The Morgan fingerprint density at radius 1 is 1.11 bits per heavy atom. The predicted molar refractivity (Wildman–Crippen MR) is 88.4 cm³/mol. The van der Waals surface area contributed by atoms with E-state index in [1.807, 2.05) is 12.2 Å².